The number of para-hydroxylation sites is 7. The second kappa shape index (κ2) is 23.3. The summed E-state index contributed by atoms with van der Waals surface area (Å²) in [6.07, 6.45) is 0. The van der Waals surface area contributed by atoms with Crippen LogP contribution >= 0.6 is 22.6 Å². The molecule has 0 saturated heterocycles. The zero-order valence-corrected chi connectivity index (χ0v) is 52.7. The van der Waals surface area contributed by atoms with Gasteiger partial charge in [0.15, 0.2) is 0 Å². The van der Waals surface area contributed by atoms with Crippen molar-refractivity contribution < 1.29 is 0 Å². The summed E-state index contributed by atoms with van der Waals surface area (Å²) in [5.41, 5.74) is 18.2. The number of aromatic nitrogens is 4. The fourth-order valence-corrected chi connectivity index (χ4v) is 15.2. The van der Waals surface area contributed by atoms with Crippen molar-refractivity contribution in [1.82, 2.24) is 18.7 Å². The number of rotatable bonds is 5. The molecular weight excluding hydrogens is 1250 g/mol. The molecule has 94 heavy (non-hydrogen) atoms. The van der Waals surface area contributed by atoms with Gasteiger partial charge in [-0.05, 0) is 209 Å². The summed E-state index contributed by atoms with van der Waals surface area (Å²) < 4.78 is 8.43. The van der Waals surface area contributed by atoms with Crippen LogP contribution in [0.3, 0.4) is 0 Å². The minimum absolute atomic E-state index is 0. The maximum atomic E-state index is 3.59. The van der Waals surface area contributed by atoms with Crippen LogP contribution in [0.1, 0.15) is 7.43 Å². The lowest BCUT2D eigenvalue weighted by Gasteiger charge is -2.12. The summed E-state index contributed by atoms with van der Waals surface area (Å²) in [6, 6.07) is 123. The number of nitrogens with zero attached hydrogens (tertiary/aromatic N) is 3. The number of benzene rings is 16. The highest BCUT2D eigenvalue weighted by Gasteiger charge is 2.19. The van der Waals surface area contributed by atoms with Gasteiger partial charge in [-0.3, -0.25) is 0 Å². The third-order valence-electron chi connectivity index (χ3n) is 18.9. The molecule has 4 heterocycles. The summed E-state index contributed by atoms with van der Waals surface area (Å²) in [5, 5.41) is 20.4. The molecule has 1 N–H and O–H groups in total. The molecule has 444 valence electrons. The third-order valence-corrected chi connectivity index (χ3v) is 19.6. The molecule has 0 radical (unpaired) electrons. The highest BCUT2D eigenvalue weighted by molar-refractivity contribution is 14.1. The Morgan fingerprint density at radius 3 is 1.06 bits per heavy atom. The van der Waals surface area contributed by atoms with Gasteiger partial charge in [-0.15, -0.1) is 0 Å². The van der Waals surface area contributed by atoms with E-state index in [1.807, 2.05) is 18.2 Å². The fourth-order valence-electron chi connectivity index (χ4n) is 14.8. The lowest BCUT2D eigenvalue weighted by atomic mass is 9.94. The standard InChI is InChI=1S/C44H28N2.C38H24N2.C6H5I.CH4/c1-2-12-32(13-3-1)46-42-20-9-6-16-37(42)44-39-28-30-11-10-17-34(38(30)27-31(39)23-26-43(44)46)29-21-24-33(25-22-29)45-40-18-7-4-14-35(40)36-15-5-8-19-41(36)45;1-4-13-34-31(11-1)38-33-23-25-8-7-12-28(32(25)22-26(33)18-21-35(38)39-34)24-16-19-27(20-17-24)40-36-14-5-2-9-29(36)30-10-3-6-15-37(30)40;7-6-4-2-1-3-5-6;/h1-28H;1-23,39H;1-5H;1H4. The molecule has 0 aliphatic heterocycles. The molecule has 0 saturated carbocycles. The Bertz CT molecular complexity index is 6180. The predicted octanol–water partition coefficient (Wildman–Crippen LogP) is 25.2. The zero-order chi connectivity index (χ0) is 61.5. The van der Waals surface area contributed by atoms with E-state index in [4.69, 9.17) is 0 Å². The average molecular weight is 1310 g/mol. The fraction of sp³-hybridized carbons (Fsp3) is 0.0112. The largest absolute Gasteiger partial charge is 0.354 e. The maximum absolute atomic E-state index is 3.59. The number of nitrogens with one attached hydrogen (secondary N) is 1. The Morgan fingerprint density at radius 1 is 0.223 bits per heavy atom. The van der Waals surface area contributed by atoms with Gasteiger partial charge >= 0.3 is 0 Å². The average Bonchev–Trinajstić information content (AvgIpc) is 1.52. The normalized spacial score (nSPS) is 11.6. The minimum atomic E-state index is 0. The first kappa shape index (κ1) is 56.5. The van der Waals surface area contributed by atoms with E-state index in [2.05, 4.69) is 363 Å². The molecular formula is C89H61IN4. The quantitative estimate of drug-likeness (QED) is 0.132. The van der Waals surface area contributed by atoms with Crippen molar-refractivity contribution >= 4 is 153 Å². The van der Waals surface area contributed by atoms with Crippen LogP contribution in [0.15, 0.2) is 340 Å². The van der Waals surface area contributed by atoms with Gasteiger partial charge in [0.25, 0.3) is 0 Å². The Balaban J connectivity index is 0.000000129. The Morgan fingerprint density at radius 2 is 0.585 bits per heavy atom. The van der Waals surface area contributed by atoms with Crippen LogP contribution in [0.2, 0.25) is 0 Å². The first-order chi connectivity index (χ1) is 46.1. The molecule has 0 unspecified atom stereocenters. The van der Waals surface area contributed by atoms with E-state index in [1.165, 1.54) is 173 Å². The second-order valence-corrected chi connectivity index (χ2v) is 25.4. The van der Waals surface area contributed by atoms with Crippen LogP contribution in [-0.4, -0.2) is 18.7 Å². The molecule has 0 atom stereocenters. The van der Waals surface area contributed by atoms with E-state index in [9.17, 15) is 0 Å². The first-order valence-electron chi connectivity index (χ1n) is 31.7. The lowest BCUT2D eigenvalue weighted by molar-refractivity contribution is 1.18. The molecule has 0 fully saturated rings. The number of aromatic amines is 1. The van der Waals surface area contributed by atoms with Crippen molar-refractivity contribution in [2.24, 2.45) is 0 Å². The van der Waals surface area contributed by atoms with Gasteiger partial charge in [-0.2, -0.15) is 0 Å². The molecule has 0 bridgehead atoms. The number of hydrogen-bond donors (Lipinski definition) is 1. The number of H-pyrrole nitrogens is 1. The van der Waals surface area contributed by atoms with Crippen molar-refractivity contribution in [3.05, 3.63) is 343 Å². The van der Waals surface area contributed by atoms with Crippen LogP contribution in [0, 0.1) is 3.57 Å². The molecule has 4 nitrogen and oxygen atoms in total. The molecule has 0 spiro atoms. The van der Waals surface area contributed by atoms with Gasteiger partial charge in [0, 0.05) is 74.8 Å². The van der Waals surface area contributed by atoms with E-state index >= 15 is 0 Å². The predicted molar refractivity (Wildman–Crippen MR) is 412 cm³/mol. The Kier molecular flexibility index (Phi) is 14.0. The minimum Gasteiger partial charge on any atom is -0.354 e. The van der Waals surface area contributed by atoms with Gasteiger partial charge in [0.2, 0.25) is 0 Å². The van der Waals surface area contributed by atoms with Gasteiger partial charge in [0.1, 0.15) is 0 Å². The second-order valence-electron chi connectivity index (χ2n) is 24.1. The van der Waals surface area contributed by atoms with Gasteiger partial charge in [-0.1, -0.05) is 226 Å². The van der Waals surface area contributed by atoms with E-state index in [1.54, 1.807) is 0 Å². The number of fused-ring (bicyclic) bond motifs is 18. The maximum Gasteiger partial charge on any atom is 0.0547 e. The van der Waals surface area contributed by atoms with Crippen LogP contribution in [0.5, 0.6) is 0 Å². The van der Waals surface area contributed by atoms with Gasteiger partial charge in [0.05, 0.1) is 33.1 Å². The van der Waals surface area contributed by atoms with E-state index in [-0.39, 0.29) is 7.43 Å². The highest BCUT2D eigenvalue weighted by Crippen LogP contribution is 2.43. The molecule has 20 rings (SSSR count). The van der Waals surface area contributed by atoms with Crippen LogP contribution in [-0.2, 0) is 0 Å². The molecule has 16 aromatic carbocycles. The molecule has 4 aromatic heterocycles. The Labute approximate surface area is 557 Å². The zero-order valence-electron chi connectivity index (χ0n) is 50.6. The van der Waals surface area contributed by atoms with Crippen molar-refractivity contribution in [1.29, 1.82) is 0 Å². The topological polar surface area (TPSA) is 30.6 Å². The SMILES string of the molecule is C.Ic1ccccc1.c1cc(-c2ccc(-n3c4ccccc4c4ccccc43)cc2)c2cc3ccc4[nH]c5ccccc5c4c3cc2c1.c1ccc(-n2c3ccccc3c3c4cc5cccc(-c6ccc(-n7c8ccccc8c8ccccc87)cc6)c5cc4ccc32)cc1. The van der Waals surface area contributed by atoms with E-state index < -0.39 is 0 Å². The summed E-state index contributed by atoms with van der Waals surface area (Å²) >= 11 is 2.28. The van der Waals surface area contributed by atoms with Crippen molar-refractivity contribution in [3.63, 3.8) is 0 Å². The molecule has 0 amide bonds. The summed E-state index contributed by atoms with van der Waals surface area (Å²) in [4.78, 5) is 3.59. The molecule has 0 aliphatic carbocycles. The third kappa shape index (κ3) is 9.41. The molecule has 5 heteroatoms. The number of halogens is 1. The van der Waals surface area contributed by atoms with Gasteiger partial charge in [-0.25, -0.2) is 0 Å². The summed E-state index contributed by atoms with van der Waals surface area (Å²) in [6.45, 7) is 0. The lowest BCUT2D eigenvalue weighted by Crippen LogP contribution is -1.93. The summed E-state index contributed by atoms with van der Waals surface area (Å²) in [5.74, 6) is 0. The van der Waals surface area contributed by atoms with Crippen molar-refractivity contribution in [2.45, 2.75) is 7.43 Å². The number of hydrogen-bond acceptors (Lipinski definition) is 0. The summed E-state index contributed by atoms with van der Waals surface area (Å²) in [7, 11) is 0. The molecule has 0 aliphatic rings. The van der Waals surface area contributed by atoms with Crippen LogP contribution in [0.25, 0.3) is 170 Å². The highest BCUT2D eigenvalue weighted by atomic mass is 127. The van der Waals surface area contributed by atoms with Crippen LogP contribution < -0.4 is 0 Å². The van der Waals surface area contributed by atoms with E-state index in [0.717, 1.165) is 0 Å². The molecule has 20 aromatic rings. The smallest absolute Gasteiger partial charge is 0.0547 e. The van der Waals surface area contributed by atoms with Crippen molar-refractivity contribution in [2.75, 3.05) is 0 Å². The van der Waals surface area contributed by atoms with E-state index in [0.29, 0.717) is 0 Å². The monoisotopic (exact) mass is 1310 g/mol. The van der Waals surface area contributed by atoms with Gasteiger partial charge < -0.3 is 18.7 Å². The van der Waals surface area contributed by atoms with Crippen LogP contribution in [0.4, 0.5) is 0 Å². The van der Waals surface area contributed by atoms with Crippen molar-refractivity contribution in [3.8, 4) is 39.3 Å². The Hall–Kier alpha value is -11.5. The first-order valence-corrected chi connectivity index (χ1v) is 32.8.